The van der Waals surface area contributed by atoms with Crippen molar-refractivity contribution in [1.29, 1.82) is 0 Å². The number of halogens is 1. The molecule has 1 saturated carbocycles. The molecule has 0 radical (unpaired) electrons. The van der Waals surface area contributed by atoms with Crippen molar-refractivity contribution in [2.45, 2.75) is 18.9 Å². The van der Waals surface area contributed by atoms with Gasteiger partial charge in [-0.2, -0.15) is 0 Å². The standard InChI is InChI=1S/C15H16ClN3O/c1-19-9-8-17-14(19)13(18-15(20)10-6-7-10)11-4-2-3-5-12(11)16/h2-5,8-10,13H,6-7H2,1H3,(H,18,20). The number of amides is 1. The Morgan fingerprint density at radius 1 is 1.45 bits per heavy atom. The molecule has 1 heterocycles. The van der Waals surface area contributed by atoms with E-state index in [1.165, 1.54) is 0 Å². The van der Waals surface area contributed by atoms with Crippen LogP contribution in [0.1, 0.15) is 30.3 Å². The Bertz CT molecular complexity index is 634. The van der Waals surface area contributed by atoms with Gasteiger partial charge in [-0.25, -0.2) is 4.98 Å². The number of benzene rings is 1. The monoisotopic (exact) mass is 289 g/mol. The van der Waals surface area contributed by atoms with E-state index in [-0.39, 0.29) is 17.9 Å². The molecule has 104 valence electrons. The number of imidazole rings is 1. The summed E-state index contributed by atoms with van der Waals surface area (Å²) in [6, 6.07) is 7.24. The molecule has 20 heavy (non-hydrogen) atoms. The first-order valence-electron chi connectivity index (χ1n) is 6.69. The molecule has 1 atom stereocenters. The van der Waals surface area contributed by atoms with E-state index in [1.807, 2.05) is 42.1 Å². The summed E-state index contributed by atoms with van der Waals surface area (Å²) in [5.74, 6) is 1.02. The predicted molar refractivity (Wildman–Crippen MR) is 77.4 cm³/mol. The number of rotatable bonds is 4. The van der Waals surface area contributed by atoms with E-state index >= 15 is 0 Å². The summed E-state index contributed by atoms with van der Waals surface area (Å²) >= 11 is 6.28. The Balaban J connectivity index is 1.97. The number of nitrogens with zero attached hydrogens (tertiary/aromatic N) is 2. The van der Waals surface area contributed by atoms with Crippen LogP contribution in [-0.4, -0.2) is 15.5 Å². The largest absolute Gasteiger partial charge is 0.342 e. The van der Waals surface area contributed by atoms with Crippen molar-refractivity contribution in [2.24, 2.45) is 13.0 Å². The molecular weight excluding hydrogens is 274 g/mol. The molecule has 0 bridgehead atoms. The number of hydrogen-bond donors (Lipinski definition) is 1. The van der Waals surface area contributed by atoms with Crippen LogP contribution in [0.25, 0.3) is 0 Å². The lowest BCUT2D eigenvalue weighted by Gasteiger charge is -2.20. The van der Waals surface area contributed by atoms with Crippen LogP contribution < -0.4 is 5.32 Å². The van der Waals surface area contributed by atoms with Gasteiger partial charge in [-0.15, -0.1) is 0 Å². The third kappa shape index (κ3) is 2.56. The minimum atomic E-state index is -0.309. The van der Waals surface area contributed by atoms with E-state index in [9.17, 15) is 4.79 Å². The molecule has 0 saturated heterocycles. The summed E-state index contributed by atoms with van der Waals surface area (Å²) in [4.78, 5) is 16.5. The van der Waals surface area contributed by atoms with Crippen molar-refractivity contribution in [3.8, 4) is 0 Å². The van der Waals surface area contributed by atoms with Crippen LogP contribution in [0.4, 0.5) is 0 Å². The van der Waals surface area contributed by atoms with Crippen LogP contribution in [0.5, 0.6) is 0 Å². The van der Waals surface area contributed by atoms with Crippen molar-refractivity contribution < 1.29 is 4.79 Å². The molecule has 1 aliphatic rings. The normalized spacial score (nSPS) is 15.9. The second-order valence-electron chi connectivity index (χ2n) is 5.13. The van der Waals surface area contributed by atoms with E-state index in [0.717, 1.165) is 24.2 Å². The average Bonchev–Trinajstić information content (AvgIpc) is 3.20. The first-order chi connectivity index (χ1) is 9.66. The number of carbonyl (C=O) groups is 1. The van der Waals surface area contributed by atoms with Gasteiger partial charge in [0.05, 0.1) is 0 Å². The summed E-state index contributed by atoms with van der Waals surface area (Å²) < 4.78 is 1.90. The third-order valence-electron chi connectivity index (χ3n) is 3.57. The number of carbonyl (C=O) groups excluding carboxylic acids is 1. The third-order valence-corrected chi connectivity index (χ3v) is 3.91. The summed E-state index contributed by atoms with van der Waals surface area (Å²) in [7, 11) is 1.91. The summed E-state index contributed by atoms with van der Waals surface area (Å²) in [6.45, 7) is 0. The lowest BCUT2D eigenvalue weighted by molar-refractivity contribution is -0.122. The Labute approximate surface area is 122 Å². The zero-order chi connectivity index (χ0) is 14.1. The summed E-state index contributed by atoms with van der Waals surface area (Å²) in [5, 5.41) is 3.71. The summed E-state index contributed by atoms with van der Waals surface area (Å²) in [5.41, 5.74) is 0.873. The molecule has 5 heteroatoms. The van der Waals surface area contributed by atoms with Crippen LogP contribution in [-0.2, 0) is 11.8 Å². The van der Waals surface area contributed by atoms with Gasteiger partial charge in [0.1, 0.15) is 11.9 Å². The Hall–Kier alpha value is -1.81. The van der Waals surface area contributed by atoms with Crippen molar-refractivity contribution >= 4 is 17.5 Å². The Morgan fingerprint density at radius 3 is 2.80 bits per heavy atom. The van der Waals surface area contributed by atoms with Gasteiger partial charge < -0.3 is 9.88 Å². The smallest absolute Gasteiger partial charge is 0.223 e. The van der Waals surface area contributed by atoms with Crippen molar-refractivity contribution in [2.75, 3.05) is 0 Å². The molecule has 0 aliphatic heterocycles. The average molecular weight is 290 g/mol. The van der Waals surface area contributed by atoms with Crippen molar-refractivity contribution in [1.82, 2.24) is 14.9 Å². The molecule has 0 spiro atoms. The molecule has 4 nitrogen and oxygen atoms in total. The summed E-state index contributed by atoms with van der Waals surface area (Å²) in [6.07, 6.45) is 5.54. The number of nitrogens with one attached hydrogen (secondary N) is 1. The molecule has 2 aromatic rings. The molecule has 1 unspecified atom stereocenters. The van der Waals surface area contributed by atoms with Gasteiger partial charge in [0.2, 0.25) is 5.91 Å². The van der Waals surface area contributed by atoms with E-state index < -0.39 is 0 Å². The Morgan fingerprint density at radius 2 is 2.20 bits per heavy atom. The molecule has 1 fully saturated rings. The fourth-order valence-corrected chi connectivity index (χ4v) is 2.50. The van der Waals surface area contributed by atoms with E-state index in [2.05, 4.69) is 10.3 Å². The highest BCUT2D eigenvalue weighted by Gasteiger charge is 2.32. The van der Waals surface area contributed by atoms with Gasteiger partial charge in [0.25, 0.3) is 0 Å². The van der Waals surface area contributed by atoms with Gasteiger partial charge in [0, 0.05) is 35.9 Å². The highest BCUT2D eigenvalue weighted by molar-refractivity contribution is 6.31. The van der Waals surface area contributed by atoms with Crippen LogP contribution in [0, 0.1) is 5.92 Å². The maximum absolute atomic E-state index is 12.1. The molecular formula is C15H16ClN3O. The van der Waals surface area contributed by atoms with Crippen LogP contribution >= 0.6 is 11.6 Å². The fraction of sp³-hybridized carbons (Fsp3) is 0.333. The van der Waals surface area contributed by atoms with Gasteiger partial charge in [-0.3, -0.25) is 4.79 Å². The quantitative estimate of drug-likeness (QED) is 0.941. The van der Waals surface area contributed by atoms with Crippen LogP contribution in [0.3, 0.4) is 0 Å². The van der Waals surface area contributed by atoms with E-state index in [1.54, 1.807) is 6.20 Å². The van der Waals surface area contributed by atoms with Gasteiger partial charge in [0.15, 0.2) is 0 Å². The Kier molecular flexibility index (Phi) is 3.49. The van der Waals surface area contributed by atoms with Gasteiger partial charge >= 0.3 is 0 Å². The van der Waals surface area contributed by atoms with E-state index in [0.29, 0.717) is 5.02 Å². The second kappa shape index (κ2) is 5.29. The minimum Gasteiger partial charge on any atom is -0.342 e. The molecule has 3 rings (SSSR count). The fourth-order valence-electron chi connectivity index (χ4n) is 2.25. The lowest BCUT2D eigenvalue weighted by atomic mass is 10.1. The number of aryl methyl sites for hydroxylation is 1. The zero-order valence-corrected chi connectivity index (χ0v) is 12.0. The number of hydrogen-bond acceptors (Lipinski definition) is 2. The highest BCUT2D eigenvalue weighted by Crippen LogP contribution is 2.32. The topological polar surface area (TPSA) is 46.9 Å². The van der Waals surface area contributed by atoms with Gasteiger partial charge in [-0.1, -0.05) is 29.8 Å². The van der Waals surface area contributed by atoms with Gasteiger partial charge in [-0.05, 0) is 18.9 Å². The lowest BCUT2D eigenvalue weighted by Crippen LogP contribution is -2.32. The molecule has 1 aromatic carbocycles. The maximum atomic E-state index is 12.1. The molecule has 1 N–H and O–H groups in total. The van der Waals surface area contributed by atoms with Crippen molar-refractivity contribution in [3.63, 3.8) is 0 Å². The minimum absolute atomic E-state index is 0.0814. The first kappa shape index (κ1) is 13.2. The number of aromatic nitrogens is 2. The highest BCUT2D eigenvalue weighted by atomic mass is 35.5. The van der Waals surface area contributed by atoms with Crippen molar-refractivity contribution in [3.05, 3.63) is 53.1 Å². The first-order valence-corrected chi connectivity index (χ1v) is 7.06. The van der Waals surface area contributed by atoms with E-state index in [4.69, 9.17) is 11.6 Å². The van der Waals surface area contributed by atoms with Crippen LogP contribution in [0.2, 0.25) is 5.02 Å². The van der Waals surface area contributed by atoms with Crippen LogP contribution in [0.15, 0.2) is 36.7 Å². The molecule has 1 aromatic heterocycles. The second-order valence-corrected chi connectivity index (χ2v) is 5.54. The predicted octanol–water partition coefficient (Wildman–Crippen LogP) is 2.69. The SMILES string of the molecule is Cn1ccnc1C(NC(=O)C1CC1)c1ccccc1Cl. The molecule has 1 aliphatic carbocycles. The molecule has 1 amide bonds. The maximum Gasteiger partial charge on any atom is 0.223 e. The zero-order valence-electron chi connectivity index (χ0n) is 11.2.